The van der Waals surface area contributed by atoms with Gasteiger partial charge in [0.15, 0.2) is 5.58 Å². The molecule has 0 unspecified atom stereocenters. The molecule has 42 heavy (non-hydrogen) atoms. The van der Waals surface area contributed by atoms with E-state index in [-0.39, 0.29) is 22.3 Å². The van der Waals surface area contributed by atoms with E-state index in [1.54, 1.807) is 12.1 Å². The van der Waals surface area contributed by atoms with Crippen LogP contribution in [0.2, 0.25) is 0 Å². The third kappa shape index (κ3) is 3.65. The Morgan fingerprint density at radius 1 is 0.595 bits per heavy atom. The Labute approximate surface area is 233 Å². The van der Waals surface area contributed by atoms with Gasteiger partial charge in [-0.3, -0.25) is 4.40 Å². The summed E-state index contributed by atoms with van der Waals surface area (Å²) in [5.74, 6) is -3.69. The smallest absolute Gasteiger partial charge is 0.307 e. The fraction of sp³-hybridized carbons (Fsp3) is 0. The average molecular weight is 561 g/mol. The third-order valence-electron chi connectivity index (χ3n) is 7.23. The largest absolute Gasteiger partial charge is 0.423 e. The number of nitrogens with zero attached hydrogens (tertiary/aromatic N) is 5. The van der Waals surface area contributed by atoms with Gasteiger partial charge in [-0.05, 0) is 71.8 Å². The quantitative estimate of drug-likeness (QED) is 0.161. The highest BCUT2D eigenvalue weighted by molar-refractivity contribution is 6.10. The van der Waals surface area contributed by atoms with Crippen molar-refractivity contribution in [2.24, 2.45) is 0 Å². The van der Waals surface area contributed by atoms with Crippen LogP contribution in [0.3, 0.4) is 0 Å². The second kappa shape index (κ2) is 8.93. The SMILES string of the molecule is Fc1ccc(-c2cc(-c3ccc(F)nc3F)cc(-c3nc4ccccc4c4nc5oc6ccccc6n5c34)c2)c(F)n1. The van der Waals surface area contributed by atoms with Gasteiger partial charge in [-0.1, -0.05) is 30.3 Å². The number of rotatable bonds is 3. The molecule has 0 amide bonds. The lowest BCUT2D eigenvalue weighted by Crippen LogP contribution is -1.97. The first-order chi connectivity index (χ1) is 20.4. The normalized spacial score (nSPS) is 11.8. The van der Waals surface area contributed by atoms with Crippen molar-refractivity contribution >= 4 is 38.9 Å². The van der Waals surface area contributed by atoms with Gasteiger partial charge in [-0.15, -0.1) is 0 Å². The van der Waals surface area contributed by atoms with Crippen LogP contribution in [0.1, 0.15) is 0 Å². The molecule has 0 spiro atoms. The zero-order chi connectivity index (χ0) is 28.5. The molecule has 5 heterocycles. The monoisotopic (exact) mass is 561 g/mol. The van der Waals surface area contributed by atoms with Crippen molar-refractivity contribution in [3.63, 3.8) is 0 Å². The van der Waals surface area contributed by atoms with Gasteiger partial charge in [0.1, 0.15) is 11.0 Å². The summed E-state index contributed by atoms with van der Waals surface area (Å²) in [6.07, 6.45) is 0. The van der Waals surface area contributed by atoms with Gasteiger partial charge in [0.05, 0.1) is 16.7 Å². The molecule has 0 aliphatic carbocycles. The molecule has 5 aromatic heterocycles. The maximum Gasteiger partial charge on any atom is 0.307 e. The van der Waals surface area contributed by atoms with Gasteiger partial charge >= 0.3 is 5.84 Å². The summed E-state index contributed by atoms with van der Waals surface area (Å²) in [5.41, 5.74) is 4.70. The molecule has 0 aliphatic heterocycles. The summed E-state index contributed by atoms with van der Waals surface area (Å²) in [4.78, 5) is 16.4. The van der Waals surface area contributed by atoms with Crippen molar-refractivity contribution in [2.45, 2.75) is 0 Å². The number of para-hydroxylation sites is 3. The van der Waals surface area contributed by atoms with E-state index in [0.717, 1.165) is 23.0 Å². The maximum absolute atomic E-state index is 15.0. The molecule has 0 fully saturated rings. The lowest BCUT2D eigenvalue weighted by molar-refractivity contribution is 0.515. The standard InChI is InChI=1S/C32H15F4N5O/c33-25-11-9-19(30(35)38-25)16-13-17(20-10-12-26(34)39-31(20)36)15-18(14-16)27-29-28(21-5-1-2-6-22(21)37-27)40-32-41(29)23-7-3-4-8-24(23)42-32/h1-15H. The molecular formula is C32H15F4N5O. The number of pyridine rings is 3. The van der Waals surface area contributed by atoms with Gasteiger partial charge in [0.2, 0.25) is 23.8 Å². The molecule has 0 radical (unpaired) electrons. The number of halogens is 4. The van der Waals surface area contributed by atoms with Crippen molar-refractivity contribution in [3.8, 4) is 33.5 Å². The molecule has 0 aliphatic rings. The Morgan fingerprint density at radius 2 is 1.21 bits per heavy atom. The lowest BCUT2D eigenvalue weighted by atomic mass is 9.95. The lowest BCUT2D eigenvalue weighted by Gasteiger charge is -2.13. The second-order valence-corrected chi connectivity index (χ2v) is 9.72. The zero-order valence-corrected chi connectivity index (χ0v) is 21.3. The minimum atomic E-state index is -1.04. The van der Waals surface area contributed by atoms with Crippen LogP contribution in [0.4, 0.5) is 17.6 Å². The fourth-order valence-electron chi connectivity index (χ4n) is 5.40. The van der Waals surface area contributed by atoms with Crippen molar-refractivity contribution in [1.29, 1.82) is 0 Å². The highest BCUT2D eigenvalue weighted by Crippen LogP contribution is 2.39. The summed E-state index contributed by atoms with van der Waals surface area (Å²) in [7, 11) is 0. The highest BCUT2D eigenvalue weighted by Gasteiger charge is 2.22. The molecule has 202 valence electrons. The van der Waals surface area contributed by atoms with Crippen LogP contribution >= 0.6 is 0 Å². The molecule has 0 saturated heterocycles. The highest BCUT2D eigenvalue weighted by atomic mass is 19.1. The first-order valence-corrected chi connectivity index (χ1v) is 12.8. The van der Waals surface area contributed by atoms with Crippen LogP contribution in [0.25, 0.3) is 72.4 Å². The van der Waals surface area contributed by atoms with Crippen LogP contribution in [0, 0.1) is 23.8 Å². The summed E-state index contributed by atoms with van der Waals surface area (Å²) in [5, 5.41) is 0.790. The van der Waals surface area contributed by atoms with Gasteiger partial charge < -0.3 is 4.42 Å². The van der Waals surface area contributed by atoms with Gasteiger partial charge in [-0.2, -0.15) is 32.5 Å². The molecule has 0 bridgehead atoms. The Bertz CT molecular complexity index is 2300. The topological polar surface area (TPSA) is 69.1 Å². The molecule has 8 aromatic rings. The Hall–Kier alpha value is -5.64. The molecule has 0 saturated carbocycles. The molecule has 10 heteroatoms. The number of benzene rings is 3. The van der Waals surface area contributed by atoms with Crippen LogP contribution in [0.15, 0.2) is 95.4 Å². The third-order valence-corrected chi connectivity index (χ3v) is 7.23. The Morgan fingerprint density at radius 3 is 1.90 bits per heavy atom. The Kier molecular flexibility index (Phi) is 5.14. The van der Waals surface area contributed by atoms with E-state index in [1.165, 1.54) is 18.2 Å². The molecular weight excluding hydrogens is 546 g/mol. The number of aromatic nitrogens is 5. The van der Waals surface area contributed by atoms with Crippen molar-refractivity contribution in [3.05, 3.63) is 115 Å². The summed E-state index contributed by atoms with van der Waals surface area (Å²) >= 11 is 0. The van der Waals surface area contributed by atoms with Crippen LogP contribution < -0.4 is 0 Å². The number of oxazole rings is 1. The number of hydrogen-bond acceptors (Lipinski definition) is 5. The summed E-state index contributed by atoms with van der Waals surface area (Å²) in [6, 6.07) is 24.4. The fourth-order valence-corrected chi connectivity index (χ4v) is 5.40. The predicted molar refractivity (Wildman–Crippen MR) is 150 cm³/mol. The minimum absolute atomic E-state index is 0.0146. The molecule has 8 rings (SSSR count). The van der Waals surface area contributed by atoms with E-state index < -0.39 is 23.8 Å². The van der Waals surface area contributed by atoms with Crippen LogP contribution in [-0.4, -0.2) is 24.3 Å². The number of hydrogen-bond donors (Lipinski definition) is 0. The van der Waals surface area contributed by atoms with Gasteiger partial charge in [0, 0.05) is 22.1 Å². The van der Waals surface area contributed by atoms with E-state index >= 15 is 0 Å². The van der Waals surface area contributed by atoms with Crippen molar-refractivity contribution < 1.29 is 22.0 Å². The van der Waals surface area contributed by atoms with E-state index in [4.69, 9.17) is 14.4 Å². The second-order valence-electron chi connectivity index (χ2n) is 9.72. The van der Waals surface area contributed by atoms with Crippen molar-refractivity contribution in [2.75, 3.05) is 0 Å². The average Bonchev–Trinajstić information content (AvgIpc) is 3.53. The van der Waals surface area contributed by atoms with Gasteiger partial charge in [-0.25, -0.2) is 4.98 Å². The molecule has 3 aromatic carbocycles. The summed E-state index contributed by atoms with van der Waals surface area (Å²) in [6.45, 7) is 0. The maximum atomic E-state index is 15.0. The van der Waals surface area contributed by atoms with E-state index in [2.05, 4.69) is 9.97 Å². The molecule has 6 nitrogen and oxygen atoms in total. The van der Waals surface area contributed by atoms with Crippen LogP contribution in [0.5, 0.6) is 0 Å². The Balaban J connectivity index is 1.51. The van der Waals surface area contributed by atoms with E-state index in [0.29, 0.717) is 39.2 Å². The van der Waals surface area contributed by atoms with Gasteiger partial charge in [0.25, 0.3) is 0 Å². The minimum Gasteiger partial charge on any atom is -0.423 e. The number of imidazole rings is 1. The van der Waals surface area contributed by atoms with E-state index in [9.17, 15) is 17.6 Å². The zero-order valence-electron chi connectivity index (χ0n) is 21.3. The first-order valence-electron chi connectivity index (χ1n) is 12.8. The first kappa shape index (κ1) is 24.2. The van der Waals surface area contributed by atoms with Crippen molar-refractivity contribution in [1.82, 2.24) is 24.3 Å². The summed E-state index contributed by atoms with van der Waals surface area (Å²) < 4.78 is 65.2. The van der Waals surface area contributed by atoms with E-state index in [1.807, 2.05) is 52.9 Å². The number of fused-ring (bicyclic) bond motifs is 7. The van der Waals surface area contributed by atoms with Crippen LogP contribution in [-0.2, 0) is 0 Å². The molecule has 0 atom stereocenters. The molecule has 0 N–H and O–H groups in total. The predicted octanol–water partition coefficient (Wildman–Crippen LogP) is 8.13.